The van der Waals surface area contributed by atoms with E-state index in [9.17, 15) is 18.5 Å². The van der Waals surface area contributed by atoms with Gasteiger partial charge in [-0.15, -0.1) is 0 Å². The smallest absolute Gasteiger partial charge is 0.292 e. The molecule has 1 aliphatic heterocycles. The van der Waals surface area contributed by atoms with Gasteiger partial charge in [-0.2, -0.15) is 0 Å². The van der Waals surface area contributed by atoms with Crippen LogP contribution in [-0.2, 0) is 21.1 Å². The number of ether oxygens (including phenoxy) is 2. The summed E-state index contributed by atoms with van der Waals surface area (Å²) in [5.74, 6) is 1.08. The normalized spacial score (nSPS) is 14.2. The molecule has 202 valence electrons. The van der Waals surface area contributed by atoms with Crippen LogP contribution in [0.1, 0.15) is 18.9 Å². The van der Waals surface area contributed by atoms with Gasteiger partial charge in [-0.3, -0.25) is 15.0 Å². The zero-order chi connectivity index (χ0) is 27.0. The monoisotopic (exact) mass is 541 g/mol. The van der Waals surface area contributed by atoms with Crippen LogP contribution in [0.5, 0.6) is 5.75 Å². The number of hydrogen-bond acceptors (Lipinski definition) is 10. The van der Waals surface area contributed by atoms with Crippen LogP contribution in [0.3, 0.4) is 0 Å². The summed E-state index contributed by atoms with van der Waals surface area (Å²) in [6.07, 6.45) is 3.73. The predicted molar refractivity (Wildman–Crippen MR) is 143 cm³/mol. The average molecular weight is 542 g/mol. The van der Waals surface area contributed by atoms with Crippen molar-refractivity contribution in [3.63, 3.8) is 0 Å². The number of nitrogens with zero attached hydrogens (tertiary/aromatic N) is 4. The van der Waals surface area contributed by atoms with Crippen LogP contribution < -0.4 is 10.1 Å². The lowest BCUT2D eigenvalue weighted by molar-refractivity contribution is -0.384. The third-order valence-electron chi connectivity index (χ3n) is 6.07. The zero-order valence-electron chi connectivity index (χ0n) is 21.2. The van der Waals surface area contributed by atoms with Crippen molar-refractivity contribution in [3.8, 4) is 17.1 Å². The summed E-state index contributed by atoms with van der Waals surface area (Å²) in [5.41, 5.74) is 1.56. The molecule has 2 aromatic carbocycles. The Balaban J connectivity index is 1.41. The fraction of sp³-hybridized carbons (Fsp3) is 0.385. The Labute approximate surface area is 221 Å². The molecule has 11 nitrogen and oxygen atoms in total. The first-order chi connectivity index (χ1) is 18.4. The van der Waals surface area contributed by atoms with Gasteiger partial charge in [-0.1, -0.05) is 25.1 Å². The number of nitro benzene ring substituents is 1. The standard InChI is InChI=1S/C26H31N5O6S/c1-2-14-38(34,35)23-6-7-25(31(32)33)24(16-23)27-17-20-4-3-5-21(15-20)26-28-18-22(19-29-26)37-13-10-30-8-11-36-12-9-30/h3-7,15-16,18-19,27H,2,8-14,17H2,1H3. The molecule has 0 bridgehead atoms. The van der Waals surface area contributed by atoms with E-state index < -0.39 is 14.8 Å². The zero-order valence-corrected chi connectivity index (χ0v) is 22.0. The van der Waals surface area contributed by atoms with Gasteiger partial charge in [-0.05, 0) is 30.2 Å². The molecule has 4 rings (SSSR count). The molecule has 0 atom stereocenters. The second kappa shape index (κ2) is 12.8. The highest BCUT2D eigenvalue weighted by molar-refractivity contribution is 7.91. The second-order valence-electron chi connectivity index (χ2n) is 8.85. The minimum Gasteiger partial charge on any atom is -0.489 e. The number of morpholine rings is 1. The van der Waals surface area contributed by atoms with E-state index in [2.05, 4.69) is 20.2 Å². The molecule has 0 unspecified atom stereocenters. The van der Waals surface area contributed by atoms with Crippen molar-refractivity contribution < 1.29 is 22.8 Å². The molecule has 0 radical (unpaired) electrons. The molecule has 0 aliphatic carbocycles. The van der Waals surface area contributed by atoms with Gasteiger partial charge in [0.1, 0.15) is 12.3 Å². The number of aromatic nitrogens is 2. The molecule has 1 N–H and O–H groups in total. The van der Waals surface area contributed by atoms with Crippen molar-refractivity contribution in [1.29, 1.82) is 0 Å². The lowest BCUT2D eigenvalue weighted by Gasteiger charge is -2.26. The van der Waals surface area contributed by atoms with Crippen LogP contribution in [0, 0.1) is 10.1 Å². The van der Waals surface area contributed by atoms with Crippen LogP contribution >= 0.6 is 0 Å². The lowest BCUT2D eigenvalue weighted by atomic mass is 10.1. The highest BCUT2D eigenvalue weighted by Gasteiger charge is 2.20. The summed E-state index contributed by atoms with van der Waals surface area (Å²) in [6, 6.07) is 11.3. The van der Waals surface area contributed by atoms with E-state index in [4.69, 9.17) is 9.47 Å². The van der Waals surface area contributed by atoms with Crippen LogP contribution in [0.15, 0.2) is 59.8 Å². The summed E-state index contributed by atoms with van der Waals surface area (Å²) >= 11 is 0. The van der Waals surface area contributed by atoms with Gasteiger partial charge >= 0.3 is 0 Å². The maximum atomic E-state index is 12.5. The van der Waals surface area contributed by atoms with Crippen molar-refractivity contribution in [2.45, 2.75) is 24.8 Å². The molecule has 0 amide bonds. The number of rotatable bonds is 12. The predicted octanol–water partition coefficient (Wildman–Crippen LogP) is 3.56. The third-order valence-corrected chi connectivity index (χ3v) is 7.99. The largest absolute Gasteiger partial charge is 0.489 e. The van der Waals surface area contributed by atoms with E-state index in [1.165, 1.54) is 18.2 Å². The van der Waals surface area contributed by atoms with Gasteiger partial charge in [0, 0.05) is 37.8 Å². The fourth-order valence-corrected chi connectivity index (χ4v) is 5.42. The molecule has 1 aliphatic rings. The molecule has 2 heterocycles. The molecule has 1 aromatic heterocycles. The average Bonchev–Trinajstić information content (AvgIpc) is 2.93. The molecule has 0 saturated carbocycles. The molecular formula is C26H31N5O6S. The number of anilines is 1. The molecule has 1 saturated heterocycles. The van der Waals surface area contributed by atoms with E-state index in [-0.39, 0.29) is 28.6 Å². The van der Waals surface area contributed by atoms with Crippen molar-refractivity contribution in [1.82, 2.24) is 14.9 Å². The van der Waals surface area contributed by atoms with Crippen molar-refractivity contribution in [3.05, 3.63) is 70.5 Å². The number of benzene rings is 2. The van der Waals surface area contributed by atoms with Gasteiger partial charge in [0.2, 0.25) is 0 Å². The maximum absolute atomic E-state index is 12.5. The Hall–Kier alpha value is -3.61. The van der Waals surface area contributed by atoms with E-state index >= 15 is 0 Å². The van der Waals surface area contributed by atoms with Gasteiger partial charge in [0.05, 0.1) is 41.2 Å². The molecule has 38 heavy (non-hydrogen) atoms. The summed E-state index contributed by atoms with van der Waals surface area (Å²) in [6.45, 7) is 6.66. The van der Waals surface area contributed by atoms with E-state index in [0.717, 1.165) is 44.0 Å². The second-order valence-corrected chi connectivity index (χ2v) is 11.0. The SMILES string of the molecule is CCCS(=O)(=O)c1ccc([N+](=O)[O-])c(NCc2cccc(-c3ncc(OCCN4CCOCC4)cn3)c2)c1. The lowest BCUT2D eigenvalue weighted by Crippen LogP contribution is -2.38. The molecule has 12 heteroatoms. The number of hydrogen-bond donors (Lipinski definition) is 1. The summed E-state index contributed by atoms with van der Waals surface area (Å²) < 4.78 is 36.1. The van der Waals surface area contributed by atoms with Gasteiger partial charge in [-0.25, -0.2) is 18.4 Å². The van der Waals surface area contributed by atoms with E-state index in [0.29, 0.717) is 24.6 Å². The Morgan fingerprint density at radius 3 is 2.61 bits per heavy atom. The highest BCUT2D eigenvalue weighted by atomic mass is 32.2. The van der Waals surface area contributed by atoms with Crippen LogP contribution in [0.2, 0.25) is 0 Å². The van der Waals surface area contributed by atoms with Crippen LogP contribution in [0.4, 0.5) is 11.4 Å². The van der Waals surface area contributed by atoms with Crippen molar-refractivity contribution in [2.75, 3.05) is 50.5 Å². The van der Waals surface area contributed by atoms with E-state index in [1.54, 1.807) is 19.3 Å². The minimum atomic E-state index is -3.51. The highest BCUT2D eigenvalue weighted by Crippen LogP contribution is 2.29. The number of nitrogens with one attached hydrogen (secondary N) is 1. The molecular weight excluding hydrogens is 510 g/mol. The van der Waals surface area contributed by atoms with Crippen molar-refractivity contribution >= 4 is 21.2 Å². The number of nitro groups is 1. The fourth-order valence-electron chi connectivity index (χ4n) is 4.07. The first-order valence-corrected chi connectivity index (χ1v) is 14.1. The molecule has 1 fully saturated rings. The Morgan fingerprint density at radius 2 is 1.89 bits per heavy atom. The first-order valence-electron chi connectivity index (χ1n) is 12.4. The molecule has 0 spiro atoms. The van der Waals surface area contributed by atoms with E-state index in [1.807, 2.05) is 24.3 Å². The topological polar surface area (TPSA) is 137 Å². The Kier molecular flexibility index (Phi) is 9.21. The molecule has 3 aromatic rings. The summed E-state index contributed by atoms with van der Waals surface area (Å²) in [5, 5.41) is 14.5. The Bertz CT molecular complexity index is 1340. The van der Waals surface area contributed by atoms with Crippen LogP contribution in [-0.4, -0.2) is 73.4 Å². The van der Waals surface area contributed by atoms with Crippen LogP contribution in [0.25, 0.3) is 11.4 Å². The number of sulfone groups is 1. The quantitative estimate of drug-likeness (QED) is 0.268. The minimum absolute atomic E-state index is 0.0238. The Morgan fingerprint density at radius 1 is 1.13 bits per heavy atom. The maximum Gasteiger partial charge on any atom is 0.292 e. The van der Waals surface area contributed by atoms with Gasteiger partial charge < -0.3 is 14.8 Å². The van der Waals surface area contributed by atoms with Gasteiger partial charge in [0.25, 0.3) is 5.69 Å². The van der Waals surface area contributed by atoms with Gasteiger partial charge in [0.15, 0.2) is 21.4 Å². The summed E-state index contributed by atoms with van der Waals surface area (Å²) in [4.78, 5) is 22.2. The first kappa shape index (κ1) is 27.4. The summed E-state index contributed by atoms with van der Waals surface area (Å²) in [7, 11) is -3.51. The third kappa shape index (κ3) is 7.24. The van der Waals surface area contributed by atoms with Crippen molar-refractivity contribution in [2.24, 2.45) is 0 Å².